The summed E-state index contributed by atoms with van der Waals surface area (Å²) in [7, 11) is 0. The molecule has 0 amide bonds. The molecule has 2 rings (SSSR count). The molecule has 19 heavy (non-hydrogen) atoms. The maximum Gasteiger partial charge on any atom is 0.134 e. The Kier molecular flexibility index (Phi) is 4.61. The number of aryl methyl sites for hydroxylation is 1. The van der Waals surface area contributed by atoms with E-state index in [2.05, 4.69) is 47.0 Å². The van der Waals surface area contributed by atoms with E-state index < -0.39 is 0 Å². The zero-order valence-corrected chi connectivity index (χ0v) is 12.6. The molecule has 0 bridgehead atoms. The molecule has 0 aromatic carbocycles. The first-order valence-electron chi connectivity index (χ1n) is 7.46. The van der Waals surface area contributed by atoms with Gasteiger partial charge in [0.05, 0.1) is 0 Å². The maximum atomic E-state index is 4.62. The molecule has 0 saturated heterocycles. The van der Waals surface area contributed by atoms with Crippen LogP contribution in [-0.4, -0.2) is 29.1 Å². The first-order valence-corrected chi connectivity index (χ1v) is 7.46. The Hall–Kier alpha value is -1.32. The number of aromatic nitrogens is 2. The van der Waals surface area contributed by atoms with E-state index in [-0.39, 0.29) is 0 Å². The van der Waals surface area contributed by atoms with Gasteiger partial charge in [0, 0.05) is 25.2 Å². The summed E-state index contributed by atoms with van der Waals surface area (Å²) in [6.07, 6.45) is 3.84. The zero-order valence-electron chi connectivity index (χ0n) is 12.6. The summed E-state index contributed by atoms with van der Waals surface area (Å²) in [5.74, 6) is 3.72. The molecule has 4 heteroatoms. The molecule has 0 spiro atoms. The van der Waals surface area contributed by atoms with E-state index in [4.69, 9.17) is 0 Å². The van der Waals surface area contributed by atoms with Crippen molar-refractivity contribution in [1.82, 2.24) is 9.97 Å². The first-order chi connectivity index (χ1) is 9.10. The van der Waals surface area contributed by atoms with Gasteiger partial charge in [-0.05, 0) is 46.0 Å². The number of rotatable bonds is 7. The monoisotopic (exact) mass is 262 g/mol. The van der Waals surface area contributed by atoms with E-state index in [0.29, 0.717) is 6.04 Å². The molecule has 1 N–H and O–H groups in total. The summed E-state index contributed by atoms with van der Waals surface area (Å²) < 4.78 is 0. The van der Waals surface area contributed by atoms with Crippen LogP contribution in [0, 0.1) is 12.8 Å². The van der Waals surface area contributed by atoms with E-state index in [1.807, 2.05) is 6.92 Å². The molecule has 1 aromatic rings. The second kappa shape index (κ2) is 6.22. The summed E-state index contributed by atoms with van der Waals surface area (Å²) in [6.45, 7) is 10.7. The van der Waals surface area contributed by atoms with Crippen molar-refractivity contribution in [3.8, 4) is 0 Å². The predicted molar refractivity (Wildman–Crippen MR) is 80.8 cm³/mol. The van der Waals surface area contributed by atoms with Gasteiger partial charge in [-0.15, -0.1) is 0 Å². The predicted octanol–water partition coefficient (Wildman–Crippen LogP) is 3.23. The zero-order chi connectivity index (χ0) is 13.8. The summed E-state index contributed by atoms with van der Waals surface area (Å²) in [5, 5.41) is 3.36. The lowest BCUT2D eigenvalue weighted by Crippen LogP contribution is -2.33. The van der Waals surface area contributed by atoms with Crippen LogP contribution in [0.1, 0.15) is 45.9 Å². The highest BCUT2D eigenvalue weighted by molar-refractivity contribution is 5.50. The normalized spacial score (nSPS) is 14.8. The quantitative estimate of drug-likeness (QED) is 0.819. The second-order valence-corrected chi connectivity index (χ2v) is 5.77. The molecular formula is C15H26N4. The van der Waals surface area contributed by atoms with Crippen molar-refractivity contribution in [2.45, 2.75) is 53.0 Å². The summed E-state index contributed by atoms with van der Waals surface area (Å²) >= 11 is 0. The molecule has 0 unspecified atom stereocenters. The van der Waals surface area contributed by atoms with E-state index in [1.54, 1.807) is 0 Å². The minimum absolute atomic E-state index is 0.480. The lowest BCUT2D eigenvalue weighted by atomic mass is 10.2. The van der Waals surface area contributed by atoms with E-state index in [1.165, 1.54) is 12.8 Å². The molecule has 1 aliphatic rings. The van der Waals surface area contributed by atoms with Crippen molar-refractivity contribution in [3.63, 3.8) is 0 Å². The highest BCUT2D eigenvalue weighted by Gasteiger charge is 2.26. The SMILES string of the molecule is CCCNc1cc(N(CC2CC2)C(C)C)nc(C)n1. The van der Waals surface area contributed by atoms with Gasteiger partial charge in [-0.3, -0.25) is 0 Å². The lowest BCUT2D eigenvalue weighted by molar-refractivity contribution is 0.634. The van der Waals surface area contributed by atoms with Crippen LogP contribution in [0.25, 0.3) is 0 Å². The maximum absolute atomic E-state index is 4.62. The highest BCUT2D eigenvalue weighted by Crippen LogP contribution is 2.32. The van der Waals surface area contributed by atoms with Gasteiger partial charge in [-0.1, -0.05) is 6.92 Å². The van der Waals surface area contributed by atoms with Crippen LogP contribution in [0.15, 0.2) is 6.07 Å². The lowest BCUT2D eigenvalue weighted by Gasteiger charge is -2.28. The van der Waals surface area contributed by atoms with Crippen LogP contribution in [0.4, 0.5) is 11.6 Å². The standard InChI is InChI=1S/C15H26N4/c1-5-8-16-14-9-15(18-12(4)17-14)19(11(2)3)10-13-6-7-13/h9,11,13H,5-8,10H2,1-4H3,(H,16,17,18). The van der Waals surface area contributed by atoms with Crippen molar-refractivity contribution in [2.24, 2.45) is 5.92 Å². The van der Waals surface area contributed by atoms with Gasteiger partial charge < -0.3 is 10.2 Å². The molecule has 1 saturated carbocycles. The van der Waals surface area contributed by atoms with Gasteiger partial charge in [0.1, 0.15) is 17.5 Å². The fraction of sp³-hybridized carbons (Fsp3) is 0.733. The molecule has 4 nitrogen and oxygen atoms in total. The van der Waals surface area contributed by atoms with Crippen molar-refractivity contribution in [3.05, 3.63) is 11.9 Å². The number of hydrogen-bond donors (Lipinski definition) is 1. The third-order valence-corrected chi connectivity index (χ3v) is 3.45. The first kappa shape index (κ1) is 14.1. The van der Waals surface area contributed by atoms with Crippen molar-refractivity contribution in [1.29, 1.82) is 0 Å². The van der Waals surface area contributed by atoms with Gasteiger partial charge in [0.25, 0.3) is 0 Å². The fourth-order valence-electron chi connectivity index (χ4n) is 2.19. The highest BCUT2D eigenvalue weighted by atomic mass is 15.2. The minimum atomic E-state index is 0.480. The average molecular weight is 262 g/mol. The van der Waals surface area contributed by atoms with E-state index in [9.17, 15) is 0 Å². The summed E-state index contributed by atoms with van der Waals surface area (Å²) in [5.41, 5.74) is 0. The molecule has 106 valence electrons. The Bertz CT molecular complexity index is 413. The number of nitrogens with one attached hydrogen (secondary N) is 1. The smallest absolute Gasteiger partial charge is 0.134 e. The second-order valence-electron chi connectivity index (χ2n) is 5.77. The number of nitrogens with zero attached hydrogens (tertiary/aromatic N) is 3. The molecule has 1 aliphatic carbocycles. The summed E-state index contributed by atoms with van der Waals surface area (Å²) in [4.78, 5) is 11.5. The number of hydrogen-bond acceptors (Lipinski definition) is 4. The molecule has 1 aromatic heterocycles. The van der Waals surface area contributed by atoms with Crippen molar-refractivity contribution in [2.75, 3.05) is 23.3 Å². The van der Waals surface area contributed by atoms with E-state index in [0.717, 1.165) is 42.9 Å². The van der Waals surface area contributed by atoms with Crippen LogP contribution in [0.3, 0.4) is 0 Å². The Morgan fingerprint density at radius 1 is 1.37 bits per heavy atom. The van der Waals surface area contributed by atoms with Gasteiger partial charge in [0.2, 0.25) is 0 Å². The van der Waals surface area contributed by atoms with Gasteiger partial charge in [0.15, 0.2) is 0 Å². The van der Waals surface area contributed by atoms with Crippen LogP contribution in [0.5, 0.6) is 0 Å². The Labute approximate surface area is 116 Å². The van der Waals surface area contributed by atoms with Crippen molar-refractivity contribution >= 4 is 11.6 Å². The van der Waals surface area contributed by atoms with E-state index >= 15 is 0 Å². The largest absolute Gasteiger partial charge is 0.370 e. The third kappa shape index (κ3) is 4.08. The van der Waals surface area contributed by atoms with Crippen LogP contribution >= 0.6 is 0 Å². The van der Waals surface area contributed by atoms with Crippen LogP contribution < -0.4 is 10.2 Å². The molecule has 0 atom stereocenters. The summed E-state index contributed by atoms with van der Waals surface area (Å²) in [6, 6.07) is 2.57. The molecule has 1 fully saturated rings. The topological polar surface area (TPSA) is 41.0 Å². The Morgan fingerprint density at radius 3 is 2.68 bits per heavy atom. The average Bonchev–Trinajstić information content (AvgIpc) is 3.16. The fourth-order valence-corrected chi connectivity index (χ4v) is 2.19. The van der Waals surface area contributed by atoms with Gasteiger partial charge in [-0.25, -0.2) is 9.97 Å². The van der Waals surface area contributed by atoms with Crippen LogP contribution in [0.2, 0.25) is 0 Å². The van der Waals surface area contributed by atoms with Gasteiger partial charge >= 0.3 is 0 Å². The molecule has 0 radical (unpaired) electrons. The molecular weight excluding hydrogens is 236 g/mol. The van der Waals surface area contributed by atoms with Crippen molar-refractivity contribution < 1.29 is 0 Å². The Balaban J connectivity index is 2.17. The van der Waals surface area contributed by atoms with Gasteiger partial charge in [-0.2, -0.15) is 0 Å². The molecule has 1 heterocycles. The molecule has 0 aliphatic heterocycles. The minimum Gasteiger partial charge on any atom is -0.370 e. The van der Waals surface area contributed by atoms with Crippen LogP contribution in [-0.2, 0) is 0 Å². The Morgan fingerprint density at radius 2 is 2.11 bits per heavy atom. The number of anilines is 2. The third-order valence-electron chi connectivity index (χ3n) is 3.45.